The lowest BCUT2D eigenvalue weighted by atomic mass is 9.87. The lowest BCUT2D eigenvalue weighted by Crippen LogP contribution is -2.36. The van der Waals surface area contributed by atoms with Crippen LogP contribution < -0.4 is 14.2 Å². The van der Waals surface area contributed by atoms with Crippen LogP contribution in [0.4, 0.5) is 4.79 Å². The standard InChI is InChI=1S/C35H47NO5S/c1-25(2)11-8-12-26(3)13-9-14-27(4)15-10-21-35(7)22-20-30-24-31(23-29(6)33(30)41-35)40-34(37)36-42(38,39)32-18-16-28(5)17-19-32/h11,13,15-19,23-24H,8-10,12,14,20-22H2,1-7H3,(H,36,37). The Balaban J connectivity index is 1.52. The molecule has 0 saturated carbocycles. The van der Waals surface area contributed by atoms with E-state index in [0.717, 1.165) is 73.8 Å². The van der Waals surface area contributed by atoms with Crippen molar-refractivity contribution in [2.75, 3.05) is 0 Å². The maximum Gasteiger partial charge on any atom is 0.426 e. The van der Waals surface area contributed by atoms with Crippen LogP contribution in [0.3, 0.4) is 0 Å². The van der Waals surface area contributed by atoms with Gasteiger partial charge in [-0.2, -0.15) is 0 Å². The number of nitrogens with one attached hydrogen (secondary N) is 1. The number of ether oxygens (including phenoxy) is 2. The minimum Gasteiger partial charge on any atom is -0.487 e. The van der Waals surface area contributed by atoms with Crippen molar-refractivity contribution in [1.29, 1.82) is 0 Å². The summed E-state index contributed by atoms with van der Waals surface area (Å²) in [6.45, 7) is 14.6. The Kier molecular flexibility index (Phi) is 11.6. The molecular weight excluding hydrogens is 546 g/mol. The molecule has 0 bridgehead atoms. The van der Waals surface area contributed by atoms with Crippen LogP contribution in [0.1, 0.15) is 96.3 Å². The number of carbonyl (C=O) groups is 1. The molecule has 1 amide bonds. The van der Waals surface area contributed by atoms with Gasteiger partial charge in [-0.15, -0.1) is 0 Å². The van der Waals surface area contributed by atoms with Gasteiger partial charge in [-0.1, -0.05) is 52.6 Å². The largest absolute Gasteiger partial charge is 0.487 e. The minimum atomic E-state index is -4.03. The van der Waals surface area contributed by atoms with E-state index in [1.807, 2.05) is 18.6 Å². The molecule has 0 fully saturated rings. The smallest absolute Gasteiger partial charge is 0.426 e. The van der Waals surface area contributed by atoms with Crippen molar-refractivity contribution in [2.45, 2.75) is 110 Å². The second-order valence-electron chi connectivity index (χ2n) is 12.1. The van der Waals surface area contributed by atoms with Crippen molar-refractivity contribution in [1.82, 2.24) is 4.72 Å². The fourth-order valence-electron chi connectivity index (χ4n) is 5.05. The van der Waals surface area contributed by atoms with E-state index < -0.39 is 16.1 Å². The van der Waals surface area contributed by atoms with Crippen LogP contribution in [0.5, 0.6) is 11.5 Å². The third kappa shape index (κ3) is 10.2. The molecule has 1 atom stereocenters. The third-order valence-corrected chi connectivity index (χ3v) is 8.97. The number of sulfonamides is 1. The molecule has 1 aliphatic rings. The molecule has 228 valence electrons. The first kappa shape index (κ1) is 33.2. The second kappa shape index (κ2) is 14.7. The van der Waals surface area contributed by atoms with Gasteiger partial charge in [-0.25, -0.2) is 17.9 Å². The number of allylic oxidation sites excluding steroid dienone is 6. The summed E-state index contributed by atoms with van der Waals surface area (Å²) in [5.41, 5.74) is 6.69. The van der Waals surface area contributed by atoms with Crippen molar-refractivity contribution in [3.05, 3.63) is 88.0 Å². The summed E-state index contributed by atoms with van der Waals surface area (Å²) in [5.74, 6) is 1.10. The minimum absolute atomic E-state index is 0.00190. The molecule has 0 radical (unpaired) electrons. The fraction of sp³-hybridized carbons (Fsp3) is 0.457. The van der Waals surface area contributed by atoms with Gasteiger partial charge in [0.2, 0.25) is 0 Å². The molecule has 1 unspecified atom stereocenters. The molecule has 1 aliphatic heterocycles. The maximum absolute atomic E-state index is 12.5. The molecule has 0 aromatic heterocycles. The van der Waals surface area contributed by atoms with Gasteiger partial charge >= 0.3 is 6.09 Å². The number of aryl methyl sites for hydroxylation is 3. The van der Waals surface area contributed by atoms with Crippen molar-refractivity contribution in [2.24, 2.45) is 0 Å². The topological polar surface area (TPSA) is 81.7 Å². The predicted molar refractivity (Wildman–Crippen MR) is 171 cm³/mol. The Morgan fingerprint density at radius 2 is 1.57 bits per heavy atom. The number of hydrogen-bond donors (Lipinski definition) is 1. The number of hydrogen-bond acceptors (Lipinski definition) is 5. The molecule has 1 heterocycles. The van der Waals surface area contributed by atoms with Crippen molar-refractivity contribution in [3.8, 4) is 11.5 Å². The van der Waals surface area contributed by atoms with E-state index in [-0.39, 0.29) is 16.2 Å². The highest BCUT2D eigenvalue weighted by Crippen LogP contribution is 2.40. The molecule has 7 heteroatoms. The molecule has 6 nitrogen and oxygen atoms in total. The zero-order chi connectivity index (χ0) is 30.9. The van der Waals surface area contributed by atoms with Crippen LogP contribution in [-0.2, 0) is 16.4 Å². The summed E-state index contributed by atoms with van der Waals surface area (Å²) in [4.78, 5) is 12.4. The molecule has 42 heavy (non-hydrogen) atoms. The summed E-state index contributed by atoms with van der Waals surface area (Å²) in [6.07, 6.45) is 13.8. The molecule has 0 saturated heterocycles. The molecule has 2 aromatic rings. The quantitative estimate of drug-likeness (QED) is 0.248. The Morgan fingerprint density at radius 3 is 2.21 bits per heavy atom. The number of carbonyl (C=O) groups excluding carboxylic acids is 1. The van der Waals surface area contributed by atoms with Gasteiger partial charge in [0, 0.05) is 0 Å². The number of amides is 1. The van der Waals surface area contributed by atoms with Gasteiger partial charge in [-0.3, -0.25) is 0 Å². The van der Waals surface area contributed by atoms with Crippen molar-refractivity contribution in [3.63, 3.8) is 0 Å². The van der Waals surface area contributed by atoms with Crippen LogP contribution >= 0.6 is 0 Å². The Hall–Kier alpha value is -3.32. The van der Waals surface area contributed by atoms with E-state index in [4.69, 9.17) is 9.47 Å². The highest BCUT2D eigenvalue weighted by atomic mass is 32.2. The molecule has 1 N–H and O–H groups in total. The Bertz CT molecular complexity index is 1450. The first-order chi connectivity index (χ1) is 19.8. The summed E-state index contributed by atoms with van der Waals surface area (Å²) in [6, 6.07) is 9.72. The predicted octanol–water partition coefficient (Wildman–Crippen LogP) is 9.06. The van der Waals surface area contributed by atoms with E-state index in [1.165, 1.54) is 28.9 Å². The van der Waals surface area contributed by atoms with Gasteiger partial charge in [0.05, 0.1) is 4.90 Å². The Labute approximate surface area is 253 Å². The van der Waals surface area contributed by atoms with Crippen molar-refractivity contribution >= 4 is 16.1 Å². The number of benzene rings is 2. The van der Waals surface area contributed by atoms with Gasteiger partial charge in [-0.05, 0) is 135 Å². The average Bonchev–Trinajstić information content (AvgIpc) is 2.89. The van der Waals surface area contributed by atoms with Crippen LogP contribution in [0.25, 0.3) is 0 Å². The zero-order valence-corrected chi connectivity index (χ0v) is 27.1. The van der Waals surface area contributed by atoms with Crippen LogP contribution in [0, 0.1) is 13.8 Å². The average molecular weight is 594 g/mol. The van der Waals surface area contributed by atoms with Gasteiger partial charge in [0.25, 0.3) is 10.0 Å². The monoisotopic (exact) mass is 593 g/mol. The summed E-state index contributed by atoms with van der Waals surface area (Å²) < 4.78 is 38.9. The molecule has 0 aliphatic carbocycles. The number of fused-ring (bicyclic) bond motifs is 1. The van der Waals surface area contributed by atoms with E-state index in [2.05, 4.69) is 52.8 Å². The second-order valence-corrected chi connectivity index (χ2v) is 13.8. The first-order valence-electron chi connectivity index (χ1n) is 14.8. The van der Waals surface area contributed by atoms with E-state index in [9.17, 15) is 13.2 Å². The van der Waals surface area contributed by atoms with E-state index >= 15 is 0 Å². The Morgan fingerprint density at radius 1 is 0.952 bits per heavy atom. The van der Waals surface area contributed by atoms with Crippen LogP contribution in [-0.4, -0.2) is 20.1 Å². The van der Waals surface area contributed by atoms with E-state index in [0.29, 0.717) is 0 Å². The van der Waals surface area contributed by atoms with Crippen LogP contribution in [0.2, 0.25) is 0 Å². The summed E-state index contributed by atoms with van der Waals surface area (Å²) in [5, 5.41) is 0. The van der Waals surface area contributed by atoms with Gasteiger partial charge in [0.15, 0.2) is 0 Å². The van der Waals surface area contributed by atoms with E-state index in [1.54, 1.807) is 24.3 Å². The third-order valence-electron chi connectivity index (χ3n) is 7.64. The lowest BCUT2D eigenvalue weighted by molar-refractivity contribution is 0.0561. The summed E-state index contributed by atoms with van der Waals surface area (Å²) >= 11 is 0. The first-order valence-corrected chi connectivity index (χ1v) is 16.3. The SMILES string of the molecule is CC(C)=CCCC(C)=CCCC(C)=CCCC1(C)CCc2cc(OC(=O)NS(=O)(=O)c3ccc(C)cc3)cc(C)c2O1. The maximum atomic E-state index is 12.5. The van der Waals surface area contributed by atoms with Crippen LogP contribution in [0.15, 0.2) is 76.2 Å². The zero-order valence-electron chi connectivity index (χ0n) is 26.3. The lowest BCUT2D eigenvalue weighted by Gasteiger charge is -2.37. The molecule has 3 rings (SSSR count). The fourth-order valence-corrected chi connectivity index (χ4v) is 5.92. The number of rotatable bonds is 12. The van der Waals surface area contributed by atoms with Gasteiger partial charge < -0.3 is 9.47 Å². The van der Waals surface area contributed by atoms with Gasteiger partial charge in [0.1, 0.15) is 17.1 Å². The summed E-state index contributed by atoms with van der Waals surface area (Å²) in [7, 11) is -4.03. The highest BCUT2D eigenvalue weighted by molar-refractivity contribution is 7.90. The highest BCUT2D eigenvalue weighted by Gasteiger charge is 2.32. The normalized spacial score (nSPS) is 17.2. The molecule has 2 aromatic carbocycles. The molecule has 0 spiro atoms. The molecular formula is C35H47NO5S. The van der Waals surface area contributed by atoms with Crippen molar-refractivity contribution < 1.29 is 22.7 Å².